The number of nitrogens with one attached hydrogen (secondary N) is 2. The van der Waals surface area contributed by atoms with Crippen molar-refractivity contribution in [1.82, 2.24) is 20.4 Å². The van der Waals surface area contributed by atoms with Crippen LogP contribution in [0.2, 0.25) is 0 Å². The topological polar surface area (TPSA) is 52.1 Å². The first kappa shape index (κ1) is 24.9. The van der Waals surface area contributed by atoms with E-state index in [-0.39, 0.29) is 29.4 Å². The van der Waals surface area contributed by atoms with Gasteiger partial charge in [0.2, 0.25) is 0 Å². The Labute approximate surface area is 183 Å². The summed E-state index contributed by atoms with van der Waals surface area (Å²) in [6.45, 7) is 15.3. The summed E-state index contributed by atoms with van der Waals surface area (Å²) in [5, 5.41) is 7.23. The van der Waals surface area contributed by atoms with Crippen LogP contribution in [-0.4, -0.2) is 87.4 Å². The summed E-state index contributed by atoms with van der Waals surface area (Å²) in [5.74, 6) is 0.928. The molecule has 160 valence electrons. The third-order valence-electron chi connectivity index (χ3n) is 6.73. The summed E-state index contributed by atoms with van der Waals surface area (Å²) in [6.07, 6.45) is 3.73. The van der Waals surface area contributed by atoms with Gasteiger partial charge in [-0.15, -0.1) is 24.0 Å². The van der Waals surface area contributed by atoms with Crippen LogP contribution in [0.4, 0.5) is 0 Å². The quantitative estimate of drug-likeness (QED) is 0.308. The first-order chi connectivity index (χ1) is 12.5. The van der Waals surface area contributed by atoms with Crippen molar-refractivity contribution in [3.05, 3.63) is 0 Å². The molecule has 1 aliphatic heterocycles. The van der Waals surface area contributed by atoms with Crippen LogP contribution in [0.1, 0.15) is 47.0 Å². The monoisotopic (exact) mass is 495 g/mol. The van der Waals surface area contributed by atoms with E-state index < -0.39 is 0 Å². The molecule has 0 spiro atoms. The van der Waals surface area contributed by atoms with Crippen molar-refractivity contribution in [1.29, 1.82) is 0 Å². The van der Waals surface area contributed by atoms with E-state index in [1.165, 1.54) is 0 Å². The molecule has 1 saturated heterocycles. The SMILES string of the molecule is CCOC1CC(NC(=NC)NCC(C)N2CCN(C)CC2)C1(CC)CC.I. The molecule has 7 heteroatoms. The van der Waals surface area contributed by atoms with E-state index in [0.717, 1.165) is 64.6 Å². The molecular weight excluding hydrogens is 453 g/mol. The number of rotatable bonds is 8. The van der Waals surface area contributed by atoms with Gasteiger partial charge in [0.05, 0.1) is 6.10 Å². The maximum atomic E-state index is 6.00. The molecule has 0 bridgehead atoms. The summed E-state index contributed by atoms with van der Waals surface area (Å²) in [6, 6.07) is 0.959. The Morgan fingerprint density at radius 2 is 1.81 bits per heavy atom. The highest BCUT2D eigenvalue weighted by molar-refractivity contribution is 14.0. The van der Waals surface area contributed by atoms with Gasteiger partial charge < -0.3 is 20.3 Å². The van der Waals surface area contributed by atoms with Gasteiger partial charge in [-0.3, -0.25) is 9.89 Å². The number of guanidine groups is 1. The number of halogens is 1. The fourth-order valence-corrected chi connectivity index (χ4v) is 4.58. The summed E-state index contributed by atoms with van der Waals surface area (Å²) in [5.41, 5.74) is 0.233. The normalized spacial score (nSPS) is 27.4. The van der Waals surface area contributed by atoms with Gasteiger partial charge in [0.1, 0.15) is 0 Å². The maximum Gasteiger partial charge on any atom is 0.191 e. The van der Waals surface area contributed by atoms with Crippen molar-refractivity contribution >= 4 is 29.9 Å². The van der Waals surface area contributed by atoms with Crippen molar-refractivity contribution in [3.63, 3.8) is 0 Å². The minimum atomic E-state index is 0. The highest BCUT2D eigenvalue weighted by Crippen LogP contribution is 2.48. The zero-order chi connectivity index (χ0) is 19.2. The first-order valence-corrected chi connectivity index (χ1v) is 10.5. The van der Waals surface area contributed by atoms with Gasteiger partial charge in [0, 0.05) is 63.9 Å². The number of ether oxygens (including phenoxy) is 1. The molecule has 3 atom stereocenters. The molecule has 3 unspecified atom stereocenters. The summed E-state index contributed by atoms with van der Waals surface area (Å²) >= 11 is 0. The van der Waals surface area contributed by atoms with Crippen molar-refractivity contribution < 1.29 is 4.74 Å². The first-order valence-electron chi connectivity index (χ1n) is 10.5. The number of piperazine rings is 1. The second kappa shape index (κ2) is 11.8. The van der Waals surface area contributed by atoms with E-state index in [1.807, 2.05) is 7.05 Å². The van der Waals surface area contributed by atoms with Gasteiger partial charge >= 0.3 is 0 Å². The van der Waals surface area contributed by atoms with E-state index in [4.69, 9.17) is 4.74 Å². The van der Waals surface area contributed by atoms with E-state index in [2.05, 4.69) is 60.2 Å². The number of aliphatic imine (C=N–C) groups is 1. The van der Waals surface area contributed by atoms with Crippen LogP contribution in [0, 0.1) is 5.41 Å². The van der Waals surface area contributed by atoms with E-state index in [1.54, 1.807) is 0 Å². The standard InChI is InChI=1S/C20H41N5O.HI/c1-7-20(8-2)17(14-18(20)26-9-3)23-19(21-5)22-15-16(4)25-12-10-24(6)11-13-25;/h16-18H,7-15H2,1-6H3,(H2,21,22,23);1H. The smallest absolute Gasteiger partial charge is 0.191 e. The molecule has 2 aliphatic rings. The fourth-order valence-electron chi connectivity index (χ4n) is 4.58. The third-order valence-corrected chi connectivity index (χ3v) is 6.73. The molecule has 0 aromatic rings. The van der Waals surface area contributed by atoms with Crippen molar-refractivity contribution in [2.75, 3.05) is 53.4 Å². The van der Waals surface area contributed by atoms with Crippen molar-refractivity contribution in [2.45, 2.75) is 65.1 Å². The van der Waals surface area contributed by atoms with Crippen LogP contribution in [0.5, 0.6) is 0 Å². The Balaban J connectivity index is 0.00000364. The van der Waals surface area contributed by atoms with Crippen LogP contribution in [-0.2, 0) is 4.74 Å². The van der Waals surface area contributed by atoms with Gasteiger partial charge in [-0.05, 0) is 40.2 Å². The summed E-state index contributed by atoms with van der Waals surface area (Å²) < 4.78 is 6.00. The van der Waals surface area contributed by atoms with Gasteiger partial charge in [-0.2, -0.15) is 0 Å². The molecule has 0 radical (unpaired) electrons. The Bertz CT molecular complexity index is 450. The number of likely N-dealkylation sites (N-methyl/N-ethyl adjacent to an activating group) is 1. The predicted molar refractivity (Wildman–Crippen MR) is 125 cm³/mol. The molecule has 2 rings (SSSR count). The maximum absolute atomic E-state index is 6.00. The van der Waals surface area contributed by atoms with Crippen LogP contribution in [0.3, 0.4) is 0 Å². The zero-order valence-electron chi connectivity index (χ0n) is 18.3. The fraction of sp³-hybridized carbons (Fsp3) is 0.950. The van der Waals surface area contributed by atoms with E-state index in [9.17, 15) is 0 Å². The lowest BCUT2D eigenvalue weighted by molar-refractivity contribution is -0.133. The minimum absolute atomic E-state index is 0. The number of nitrogens with zero attached hydrogens (tertiary/aromatic N) is 3. The Morgan fingerprint density at radius 1 is 1.19 bits per heavy atom. The largest absolute Gasteiger partial charge is 0.378 e. The average Bonchev–Trinajstić information content (AvgIpc) is 2.65. The van der Waals surface area contributed by atoms with Gasteiger partial charge in [-0.1, -0.05) is 13.8 Å². The predicted octanol–water partition coefficient (Wildman–Crippen LogP) is 2.39. The zero-order valence-corrected chi connectivity index (χ0v) is 20.6. The molecule has 2 N–H and O–H groups in total. The van der Waals surface area contributed by atoms with Gasteiger partial charge in [0.15, 0.2) is 5.96 Å². The summed E-state index contributed by atoms with van der Waals surface area (Å²) in [4.78, 5) is 9.44. The third kappa shape index (κ3) is 5.93. The highest BCUT2D eigenvalue weighted by Gasteiger charge is 2.53. The number of hydrogen-bond donors (Lipinski definition) is 2. The highest BCUT2D eigenvalue weighted by atomic mass is 127. The van der Waals surface area contributed by atoms with E-state index in [0.29, 0.717) is 18.2 Å². The molecule has 1 heterocycles. The Hall–Kier alpha value is -0.120. The molecule has 6 nitrogen and oxygen atoms in total. The van der Waals surface area contributed by atoms with Gasteiger partial charge in [-0.25, -0.2) is 0 Å². The molecular formula is C20H42IN5O. The van der Waals surface area contributed by atoms with Crippen molar-refractivity contribution in [2.24, 2.45) is 10.4 Å². The minimum Gasteiger partial charge on any atom is -0.378 e. The molecule has 0 amide bonds. The Morgan fingerprint density at radius 3 is 2.33 bits per heavy atom. The second-order valence-electron chi connectivity index (χ2n) is 7.96. The summed E-state index contributed by atoms with van der Waals surface area (Å²) in [7, 11) is 4.07. The van der Waals surface area contributed by atoms with Gasteiger partial charge in [0.25, 0.3) is 0 Å². The second-order valence-corrected chi connectivity index (χ2v) is 7.96. The molecule has 0 aromatic carbocycles. The molecule has 1 saturated carbocycles. The van der Waals surface area contributed by atoms with Crippen molar-refractivity contribution in [3.8, 4) is 0 Å². The average molecular weight is 495 g/mol. The van der Waals surface area contributed by atoms with E-state index >= 15 is 0 Å². The molecule has 27 heavy (non-hydrogen) atoms. The van der Waals surface area contributed by atoms with Crippen LogP contribution >= 0.6 is 24.0 Å². The molecule has 1 aliphatic carbocycles. The van der Waals surface area contributed by atoms with Crippen LogP contribution in [0.25, 0.3) is 0 Å². The number of hydrogen-bond acceptors (Lipinski definition) is 4. The Kier molecular flexibility index (Phi) is 10.9. The lowest BCUT2D eigenvalue weighted by atomic mass is 9.58. The molecule has 0 aromatic heterocycles. The van der Waals surface area contributed by atoms with Crippen LogP contribution < -0.4 is 10.6 Å². The van der Waals surface area contributed by atoms with Crippen LogP contribution in [0.15, 0.2) is 4.99 Å². The lowest BCUT2D eigenvalue weighted by Gasteiger charge is -2.55. The molecule has 2 fully saturated rings. The lowest BCUT2D eigenvalue weighted by Crippen LogP contribution is -2.66.